The molecule has 0 aliphatic carbocycles. The second-order valence-corrected chi connectivity index (χ2v) is 6.16. The van der Waals surface area contributed by atoms with Crippen LogP contribution >= 0.6 is 0 Å². The Balaban J connectivity index is 2.96. The average molecular weight is 234 g/mol. The molecular weight excluding hydrogens is 215 g/mol. The fourth-order valence-electron chi connectivity index (χ4n) is 1.05. The summed E-state index contributed by atoms with van der Waals surface area (Å²) in [4.78, 5) is 10.2. The number of hydrogen-bond acceptors (Lipinski definition) is 1. The molecule has 0 saturated carbocycles. The van der Waals surface area contributed by atoms with Gasteiger partial charge >= 0.3 is 81.1 Å². The van der Waals surface area contributed by atoms with Crippen molar-refractivity contribution >= 4 is 20.5 Å². The summed E-state index contributed by atoms with van der Waals surface area (Å²) in [6, 6.07) is 0. The van der Waals surface area contributed by atoms with E-state index in [-0.39, 0.29) is 0 Å². The van der Waals surface area contributed by atoms with E-state index in [4.69, 9.17) is 5.11 Å². The first kappa shape index (κ1) is 12.0. The van der Waals surface area contributed by atoms with Crippen molar-refractivity contribution in [1.29, 1.82) is 0 Å². The minimum absolute atomic E-state index is 0.543. The van der Waals surface area contributed by atoms with Crippen LogP contribution in [0.4, 0.5) is 4.79 Å². The van der Waals surface area contributed by atoms with Crippen molar-refractivity contribution < 1.29 is 9.90 Å². The molecule has 1 N–H and O–H groups in total. The van der Waals surface area contributed by atoms with Crippen molar-refractivity contribution in [2.75, 3.05) is 0 Å². The van der Waals surface area contributed by atoms with Gasteiger partial charge in [-0.1, -0.05) is 0 Å². The number of hydrogen-bond donors (Lipinski definition) is 1. The van der Waals surface area contributed by atoms with Gasteiger partial charge in [-0.15, -0.1) is 0 Å². The van der Waals surface area contributed by atoms with Crippen molar-refractivity contribution in [1.82, 2.24) is 0 Å². The Morgan fingerprint density at radius 2 is 2.00 bits per heavy atom. The summed E-state index contributed by atoms with van der Waals surface area (Å²) in [6.07, 6.45) is 4.89. The first-order chi connectivity index (χ1) is 5.63. The standard InChI is InChI=1S/C9H19AsO2/c1-8(2)6-4-3-5-7-10-9(11)12/h8,10H,3-7H2,1-2H3,(H,11,12). The fourth-order valence-corrected chi connectivity index (χ4v) is 2.39. The molecule has 0 aliphatic heterocycles. The van der Waals surface area contributed by atoms with Crippen LogP contribution in [0.15, 0.2) is 0 Å². The van der Waals surface area contributed by atoms with E-state index in [1.54, 1.807) is 0 Å². The van der Waals surface area contributed by atoms with E-state index in [1.165, 1.54) is 19.3 Å². The average Bonchev–Trinajstić information content (AvgIpc) is 1.95. The van der Waals surface area contributed by atoms with Gasteiger partial charge in [0.1, 0.15) is 0 Å². The maximum atomic E-state index is 10.2. The second kappa shape index (κ2) is 7.67. The maximum absolute atomic E-state index is 10.2. The molecule has 0 rings (SSSR count). The zero-order chi connectivity index (χ0) is 9.40. The molecule has 12 heavy (non-hydrogen) atoms. The summed E-state index contributed by atoms with van der Waals surface area (Å²) in [5, 5.41) is 9.38. The molecule has 0 amide bonds. The molecule has 0 fully saturated rings. The second-order valence-electron chi connectivity index (χ2n) is 3.48. The Morgan fingerprint density at radius 3 is 2.50 bits per heavy atom. The van der Waals surface area contributed by atoms with Crippen LogP contribution in [-0.4, -0.2) is 25.6 Å². The molecule has 0 saturated heterocycles. The van der Waals surface area contributed by atoms with E-state index < -0.39 is 20.5 Å². The molecule has 0 aromatic heterocycles. The summed E-state index contributed by atoms with van der Waals surface area (Å²) < 4.78 is -0.543. The third kappa shape index (κ3) is 10.0. The van der Waals surface area contributed by atoms with Crippen molar-refractivity contribution in [2.24, 2.45) is 5.92 Å². The Morgan fingerprint density at radius 1 is 1.33 bits per heavy atom. The third-order valence-corrected chi connectivity index (χ3v) is 3.64. The molecule has 0 radical (unpaired) electrons. The first-order valence-corrected chi connectivity index (χ1v) is 7.13. The monoisotopic (exact) mass is 234 g/mol. The zero-order valence-electron chi connectivity index (χ0n) is 7.97. The molecule has 0 aliphatic rings. The summed E-state index contributed by atoms with van der Waals surface area (Å²) in [7, 11) is 0. The molecule has 1 atom stereocenters. The van der Waals surface area contributed by atoms with Crippen LogP contribution in [0.25, 0.3) is 0 Å². The Hall–Kier alpha value is 0.0284. The van der Waals surface area contributed by atoms with Crippen LogP contribution in [0.5, 0.6) is 0 Å². The van der Waals surface area contributed by atoms with Crippen molar-refractivity contribution in [3.05, 3.63) is 0 Å². The summed E-state index contributed by atoms with van der Waals surface area (Å²) >= 11 is -0.673. The van der Waals surface area contributed by atoms with Gasteiger partial charge in [0.2, 0.25) is 0 Å². The Bertz CT molecular complexity index is 124. The topological polar surface area (TPSA) is 37.3 Å². The van der Waals surface area contributed by atoms with Crippen LogP contribution < -0.4 is 0 Å². The summed E-state index contributed by atoms with van der Waals surface area (Å²) in [6.45, 7) is 4.45. The summed E-state index contributed by atoms with van der Waals surface area (Å²) in [5.74, 6) is 0.792. The molecule has 1 unspecified atom stereocenters. The van der Waals surface area contributed by atoms with E-state index in [9.17, 15) is 4.79 Å². The Kier molecular flexibility index (Phi) is 7.68. The van der Waals surface area contributed by atoms with Gasteiger partial charge in [-0.05, 0) is 0 Å². The number of unbranched alkanes of at least 4 members (excludes halogenated alkanes) is 2. The molecule has 0 aromatic rings. The quantitative estimate of drug-likeness (QED) is 0.543. The van der Waals surface area contributed by atoms with Gasteiger partial charge in [-0.25, -0.2) is 0 Å². The van der Waals surface area contributed by atoms with E-state index in [1.807, 2.05) is 0 Å². The van der Waals surface area contributed by atoms with Crippen LogP contribution in [0.1, 0.15) is 39.5 Å². The van der Waals surface area contributed by atoms with E-state index in [2.05, 4.69) is 13.8 Å². The zero-order valence-corrected chi connectivity index (χ0v) is 10.1. The molecular formula is C9H19AsO2. The number of carbonyl (C=O) groups is 1. The molecule has 0 heterocycles. The van der Waals surface area contributed by atoms with Crippen LogP contribution in [0, 0.1) is 5.92 Å². The fraction of sp³-hybridized carbons (Fsp3) is 0.889. The first-order valence-electron chi connectivity index (χ1n) is 4.59. The summed E-state index contributed by atoms with van der Waals surface area (Å²) in [5.41, 5.74) is 0. The predicted octanol–water partition coefficient (Wildman–Crippen LogP) is 2.74. The van der Waals surface area contributed by atoms with Crippen molar-refractivity contribution in [3.8, 4) is 0 Å². The molecule has 3 heteroatoms. The van der Waals surface area contributed by atoms with Crippen LogP contribution in [-0.2, 0) is 0 Å². The van der Waals surface area contributed by atoms with Gasteiger partial charge < -0.3 is 0 Å². The van der Waals surface area contributed by atoms with Gasteiger partial charge in [0.15, 0.2) is 0 Å². The number of carboxylic acid groups (broad SMARTS) is 1. The molecule has 2 nitrogen and oxygen atoms in total. The SMILES string of the molecule is CC(C)CCCCC[AsH]C(=O)O. The van der Waals surface area contributed by atoms with Gasteiger partial charge in [0, 0.05) is 0 Å². The van der Waals surface area contributed by atoms with Crippen LogP contribution in [0.2, 0.25) is 5.21 Å². The van der Waals surface area contributed by atoms with E-state index in [0.717, 1.165) is 17.5 Å². The molecule has 72 valence electrons. The molecule has 0 bridgehead atoms. The van der Waals surface area contributed by atoms with Crippen molar-refractivity contribution in [2.45, 2.75) is 44.7 Å². The van der Waals surface area contributed by atoms with E-state index in [0.29, 0.717) is 0 Å². The van der Waals surface area contributed by atoms with Crippen LogP contribution in [0.3, 0.4) is 0 Å². The van der Waals surface area contributed by atoms with Gasteiger partial charge in [0.05, 0.1) is 0 Å². The molecule has 0 aromatic carbocycles. The Labute approximate surface area is 81.4 Å². The minimum atomic E-state index is -0.673. The predicted molar refractivity (Wildman–Crippen MR) is 53.3 cm³/mol. The molecule has 0 spiro atoms. The van der Waals surface area contributed by atoms with Gasteiger partial charge in [-0.2, -0.15) is 0 Å². The van der Waals surface area contributed by atoms with Gasteiger partial charge in [0.25, 0.3) is 0 Å². The third-order valence-electron chi connectivity index (χ3n) is 1.73. The normalized spacial score (nSPS) is 11.6. The van der Waals surface area contributed by atoms with Crippen molar-refractivity contribution in [3.63, 3.8) is 0 Å². The van der Waals surface area contributed by atoms with Gasteiger partial charge in [-0.3, -0.25) is 0 Å². The number of rotatable bonds is 7. The van der Waals surface area contributed by atoms with E-state index >= 15 is 0 Å².